The minimum absolute atomic E-state index is 0.317. The number of anilines is 1. The van der Waals surface area contributed by atoms with Gasteiger partial charge in [-0.15, -0.1) is 11.3 Å². The van der Waals surface area contributed by atoms with Crippen LogP contribution in [-0.2, 0) is 10.0 Å². The Bertz CT molecular complexity index is 606. The van der Waals surface area contributed by atoms with E-state index in [4.69, 9.17) is 0 Å². The van der Waals surface area contributed by atoms with Crippen LogP contribution < -0.4 is 4.31 Å². The molecule has 0 atom stereocenters. The number of hydrogen-bond donors (Lipinski definition) is 0. The number of benzene rings is 1. The lowest BCUT2D eigenvalue weighted by Crippen LogP contribution is -2.26. The summed E-state index contributed by atoms with van der Waals surface area (Å²) in [7, 11) is -2.00. The van der Waals surface area contributed by atoms with E-state index in [1.165, 1.54) is 22.7 Å². The second-order valence-corrected chi connectivity index (χ2v) is 6.36. The molecule has 0 aliphatic rings. The molecule has 0 spiro atoms. The summed E-state index contributed by atoms with van der Waals surface area (Å²) in [6, 6.07) is 6.92. The van der Waals surface area contributed by atoms with Crippen molar-refractivity contribution in [3.8, 4) is 0 Å². The summed E-state index contributed by atoms with van der Waals surface area (Å²) in [5.74, 6) is 0. The number of hydrogen-bond acceptors (Lipinski definition) is 4. The molecule has 1 aromatic carbocycles. The molecule has 90 valence electrons. The average Bonchev–Trinajstić information content (AvgIpc) is 2.81. The van der Waals surface area contributed by atoms with Crippen LogP contribution in [0, 0.1) is 6.92 Å². The molecule has 0 N–H and O–H groups in total. The normalized spacial score (nSPS) is 11.4. The highest BCUT2D eigenvalue weighted by Gasteiger charge is 2.24. The summed E-state index contributed by atoms with van der Waals surface area (Å²) in [6.45, 7) is 1.78. The summed E-state index contributed by atoms with van der Waals surface area (Å²) >= 11 is 1.29. The largest absolute Gasteiger partial charge is 0.266 e. The van der Waals surface area contributed by atoms with Crippen LogP contribution in [0.3, 0.4) is 0 Å². The van der Waals surface area contributed by atoms with Crippen LogP contribution in [0.4, 0.5) is 5.13 Å². The first-order valence-electron chi connectivity index (χ1n) is 4.97. The van der Waals surface area contributed by atoms with Gasteiger partial charge in [0, 0.05) is 18.6 Å². The zero-order valence-corrected chi connectivity index (χ0v) is 11.1. The van der Waals surface area contributed by atoms with Crippen LogP contribution >= 0.6 is 11.3 Å². The van der Waals surface area contributed by atoms with Gasteiger partial charge < -0.3 is 0 Å². The Labute approximate surface area is 105 Å². The molecule has 0 aliphatic heterocycles. The van der Waals surface area contributed by atoms with Crippen molar-refractivity contribution >= 4 is 26.5 Å². The predicted octanol–water partition coefficient (Wildman–Crippen LogP) is 2.28. The summed E-state index contributed by atoms with van der Waals surface area (Å²) in [6.07, 6.45) is 1.59. The molecule has 0 amide bonds. The van der Waals surface area contributed by atoms with Crippen LogP contribution in [0.15, 0.2) is 40.7 Å². The number of nitrogens with zero attached hydrogens (tertiary/aromatic N) is 2. The standard InChI is InChI=1S/C11H12N2O2S2/c1-9-5-3-4-6-10(9)17(14,15)13(2)11-12-7-8-16-11/h3-8H,1-2H3. The van der Waals surface area contributed by atoms with E-state index >= 15 is 0 Å². The first-order chi connectivity index (χ1) is 8.03. The summed E-state index contributed by atoms with van der Waals surface area (Å²) < 4.78 is 25.9. The lowest BCUT2D eigenvalue weighted by Gasteiger charge is -2.17. The smallest absolute Gasteiger partial charge is 0.244 e. The van der Waals surface area contributed by atoms with Crippen LogP contribution in [0.25, 0.3) is 0 Å². The molecule has 0 bridgehead atoms. The molecule has 2 rings (SSSR count). The quantitative estimate of drug-likeness (QED) is 0.858. The van der Waals surface area contributed by atoms with Crippen molar-refractivity contribution in [2.24, 2.45) is 0 Å². The third kappa shape index (κ3) is 2.18. The lowest BCUT2D eigenvalue weighted by molar-refractivity contribution is 0.593. The zero-order chi connectivity index (χ0) is 12.5. The number of thiazole rings is 1. The predicted molar refractivity (Wildman–Crippen MR) is 68.9 cm³/mol. The molecule has 1 heterocycles. The van der Waals surface area contributed by atoms with Crippen LogP contribution in [0.5, 0.6) is 0 Å². The highest BCUT2D eigenvalue weighted by molar-refractivity contribution is 7.93. The van der Waals surface area contributed by atoms with E-state index in [1.807, 2.05) is 6.07 Å². The third-order valence-corrected chi connectivity index (χ3v) is 5.29. The van der Waals surface area contributed by atoms with E-state index in [-0.39, 0.29) is 0 Å². The topological polar surface area (TPSA) is 50.3 Å². The van der Waals surface area contributed by atoms with Gasteiger partial charge in [-0.2, -0.15) is 0 Å². The zero-order valence-electron chi connectivity index (χ0n) is 9.49. The minimum atomic E-state index is -3.51. The molecule has 17 heavy (non-hydrogen) atoms. The number of rotatable bonds is 3. The molecule has 0 saturated carbocycles. The Morgan fingerprint density at radius 1 is 1.29 bits per heavy atom. The number of sulfonamides is 1. The number of aromatic nitrogens is 1. The van der Waals surface area contributed by atoms with Gasteiger partial charge in [0.25, 0.3) is 10.0 Å². The van der Waals surface area contributed by atoms with Gasteiger partial charge in [-0.25, -0.2) is 17.7 Å². The van der Waals surface area contributed by atoms with Crippen molar-refractivity contribution in [3.63, 3.8) is 0 Å². The summed E-state index contributed by atoms with van der Waals surface area (Å²) in [5, 5.41) is 2.22. The summed E-state index contributed by atoms with van der Waals surface area (Å²) in [4.78, 5) is 4.32. The Kier molecular flexibility index (Phi) is 3.17. The Hall–Kier alpha value is -1.40. The van der Waals surface area contributed by atoms with Crippen LogP contribution in [0.1, 0.15) is 5.56 Å². The first kappa shape index (κ1) is 12.1. The molecule has 2 aromatic rings. The van der Waals surface area contributed by atoms with Gasteiger partial charge in [0.1, 0.15) is 0 Å². The molecular formula is C11H12N2O2S2. The highest BCUT2D eigenvalue weighted by Crippen LogP contribution is 2.25. The van der Waals surface area contributed by atoms with Crippen molar-refractivity contribution < 1.29 is 8.42 Å². The molecule has 0 unspecified atom stereocenters. The van der Waals surface area contributed by atoms with Gasteiger partial charge in [0.2, 0.25) is 0 Å². The maximum Gasteiger partial charge on any atom is 0.266 e. The van der Waals surface area contributed by atoms with E-state index < -0.39 is 10.0 Å². The Morgan fingerprint density at radius 3 is 2.59 bits per heavy atom. The van der Waals surface area contributed by atoms with Crippen molar-refractivity contribution in [1.29, 1.82) is 0 Å². The fourth-order valence-corrected chi connectivity index (χ4v) is 3.68. The molecule has 6 heteroatoms. The van der Waals surface area contributed by atoms with Crippen molar-refractivity contribution in [1.82, 2.24) is 4.98 Å². The fourth-order valence-electron chi connectivity index (χ4n) is 1.47. The average molecular weight is 268 g/mol. The van der Waals surface area contributed by atoms with Crippen molar-refractivity contribution in [3.05, 3.63) is 41.4 Å². The van der Waals surface area contributed by atoms with Crippen molar-refractivity contribution in [2.45, 2.75) is 11.8 Å². The van der Waals surface area contributed by atoms with Gasteiger partial charge in [-0.1, -0.05) is 18.2 Å². The van der Waals surface area contributed by atoms with E-state index in [0.29, 0.717) is 10.0 Å². The molecule has 4 nitrogen and oxygen atoms in total. The lowest BCUT2D eigenvalue weighted by atomic mass is 10.2. The Balaban J connectivity index is 2.48. The second-order valence-electron chi connectivity index (χ2n) is 3.55. The highest BCUT2D eigenvalue weighted by atomic mass is 32.2. The van der Waals surface area contributed by atoms with E-state index in [2.05, 4.69) is 4.98 Å². The minimum Gasteiger partial charge on any atom is -0.244 e. The maximum absolute atomic E-state index is 12.3. The molecule has 0 aliphatic carbocycles. The van der Waals surface area contributed by atoms with Gasteiger partial charge in [0.15, 0.2) is 5.13 Å². The molecule has 0 saturated heterocycles. The van der Waals surface area contributed by atoms with Gasteiger partial charge in [-0.05, 0) is 18.6 Å². The van der Waals surface area contributed by atoms with E-state index in [9.17, 15) is 8.42 Å². The molecule has 1 aromatic heterocycles. The maximum atomic E-state index is 12.3. The van der Waals surface area contributed by atoms with E-state index in [0.717, 1.165) is 5.56 Å². The number of aryl methyl sites for hydroxylation is 1. The van der Waals surface area contributed by atoms with Crippen molar-refractivity contribution in [2.75, 3.05) is 11.4 Å². The van der Waals surface area contributed by atoms with Crippen LogP contribution in [0.2, 0.25) is 0 Å². The van der Waals surface area contributed by atoms with E-state index in [1.54, 1.807) is 36.7 Å². The Morgan fingerprint density at radius 2 is 2.00 bits per heavy atom. The van der Waals surface area contributed by atoms with Gasteiger partial charge in [-0.3, -0.25) is 0 Å². The fraction of sp³-hybridized carbons (Fsp3) is 0.182. The summed E-state index contributed by atoms with van der Waals surface area (Å²) in [5.41, 5.74) is 0.732. The SMILES string of the molecule is Cc1ccccc1S(=O)(=O)N(C)c1nccs1. The second kappa shape index (κ2) is 4.46. The van der Waals surface area contributed by atoms with Gasteiger partial charge in [0.05, 0.1) is 4.90 Å². The monoisotopic (exact) mass is 268 g/mol. The first-order valence-corrected chi connectivity index (χ1v) is 7.29. The molecule has 0 fully saturated rings. The van der Waals surface area contributed by atoms with Gasteiger partial charge >= 0.3 is 0 Å². The molecular weight excluding hydrogens is 256 g/mol. The third-order valence-electron chi connectivity index (χ3n) is 2.42. The molecule has 0 radical (unpaired) electrons. The van der Waals surface area contributed by atoms with Crippen LogP contribution in [-0.4, -0.2) is 20.4 Å².